The van der Waals surface area contributed by atoms with E-state index < -0.39 is 20.5 Å². The largest absolute Gasteiger partial charge is 0.494 e. The molecule has 1 amide bonds. The molecule has 2 aromatic rings. The van der Waals surface area contributed by atoms with Crippen molar-refractivity contribution in [3.63, 3.8) is 0 Å². The number of carbonyl (C=O) groups is 1. The summed E-state index contributed by atoms with van der Waals surface area (Å²) >= 11 is 0. The van der Waals surface area contributed by atoms with Gasteiger partial charge in [0, 0.05) is 13.0 Å². The monoisotopic (exact) mass is 532 g/mol. The van der Waals surface area contributed by atoms with Gasteiger partial charge in [0.25, 0.3) is 5.91 Å². The van der Waals surface area contributed by atoms with Crippen LogP contribution >= 0.6 is 0 Å². The fourth-order valence-electron chi connectivity index (χ4n) is 4.48. The molecular weight excluding hydrogens is 492 g/mol. The summed E-state index contributed by atoms with van der Waals surface area (Å²) in [6.07, 6.45) is 6.57. The minimum atomic E-state index is -4.15. The van der Waals surface area contributed by atoms with Gasteiger partial charge in [0.05, 0.1) is 18.1 Å². The van der Waals surface area contributed by atoms with E-state index in [1.165, 1.54) is 38.3 Å². The van der Waals surface area contributed by atoms with Crippen molar-refractivity contribution in [3.8, 4) is 11.5 Å². The van der Waals surface area contributed by atoms with Gasteiger partial charge in [-0.1, -0.05) is 31.9 Å². The third-order valence-electron chi connectivity index (χ3n) is 6.88. The average molecular weight is 533 g/mol. The zero-order valence-electron chi connectivity index (χ0n) is 21.9. The zero-order chi connectivity index (χ0) is 26.7. The van der Waals surface area contributed by atoms with Gasteiger partial charge in [-0.2, -0.15) is 0 Å². The highest BCUT2D eigenvalue weighted by atomic mass is 32.2. The van der Waals surface area contributed by atoms with Gasteiger partial charge in [0.1, 0.15) is 11.5 Å². The number of carbonyl (C=O) groups excluding carboxylic acids is 1. The molecule has 2 N–H and O–H groups in total. The van der Waals surface area contributed by atoms with Gasteiger partial charge in [0.2, 0.25) is 0 Å². The maximum atomic E-state index is 13.6. The first kappa shape index (κ1) is 28.9. The summed E-state index contributed by atoms with van der Waals surface area (Å²) in [6.45, 7) is 7.88. The second-order valence-corrected chi connectivity index (χ2v) is 12.2. The minimum Gasteiger partial charge on any atom is -0.494 e. The number of hydrogen-bond acceptors (Lipinski definition) is 7. The summed E-state index contributed by atoms with van der Waals surface area (Å²) in [4.78, 5) is 15.1. The fourth-order valence-corrected chi connectivity index (χ4v) is 6.14. The lowest BCUT2D eigenvalue weighted by molar-refractivity contribution is -0.131. The predicted molar refractivity (Wildman–Crippen MR) is 143 cm³/mol. The Balaban J connectivity index is 1.65. The third kappa shape index (κ3) is 7.69. The van der Waals surface area contributed by atoms with Crippen LogP contribution in [0.3, 0.4) is 0 Å². The van der Waals surface area contributed by atoms with E-state index in [2.05, 4.69) is 11.8 Å². The van der Waals surface area contributed by atoms with Crippen molar-refractivity contribution >= 4 is 15.7 Å². The molecule has 0 aromatic heterocycles. The van der Waals surface area contributed by atoms with E-state index in [9.17, 15) is 18.4 Å². The van der Waals surface area contributed by atoms with E-state index in [4.69, 9.17) is 9.47 Å². The van der Waals surface area contributed by atoms with Crippen LogP contribution in [0.1, 0.15) is 57.9 Å². The Hall–Kier alpha value is -2.62. The molecule has 1 aliphatic rings. The fraction of sp³-hybridized carbons (Fsp3) is 0.536. The zero-order valence-corrected chi connectivity index (χ0v) is 22.8. The van der Waals surface area contributed by atoms with E-state index in [-0.39, 0.29) is 11.3 Å². The number of hydroxylamine groups is 1. The standard InChI is InChI=1S/C28H40N2O6S/c1-3-4-20-35-25-13-15-26(16-14-25)37(33,34)28(2,27(31)29-32)22-23-9-11-24(12-10-23)36-21-8-19-30-17-6-5-7-18-30/h9-16,32H,3-8,17-22H2,1-2H3,(H,29,31). The number of rotatable bonds is 14. The molecule has 1 saturated heterocycles. The number of ether oxygens (including phenoxy) is 2. The molecule has 1 fully saturated rings. The summed E-state index contributed by atoms with van der Waals surface area (Å²) < 4.78 is 36.7. The first-order valence-corrected chi connectivity index (χ1v) is 14.6. The highest BCUT2D eigenvalue weighted by molar-refractivity contribution is 7.93. The van der Waals surface area contributed by atoms with Crippen LogP contribution in [0.4, 0.5) is 0 Å². The Morgan fingerprint density at radius 1 is 0.946 bits per heavy atom. The molecule has 0 saturated carbocycles. The maximum Gasteiger partial charge on any atom is 0.265 e. The molecule has 9 heteroatoms. The molecule has 37 heavy (non-hydrogen) atoms. The van der Waals surface area contributed by atoms with Crippen LogP contribution in [-0.4, -0.2) is 62.0 Å². The molecular formula is C28H40N2O6S. The molecule has 1 unspecified atom stereocenters. The number of benzene rings is 2. The summed E-state index contributed by atoms with van der Waals surface area (Å²) in [5.41, 5.74) is 2.18. The van der Waals surface area contributed by atoms with Crippen molar-refractivity contribution in [2.45, 2.75) is 68.4 Å². The molecule has 204 valence electrons. The van der Waals surface area contributed by atoms with Crippen LogP contribution in [0.15, 0.2) is 53.4 Å². The topological polar surface area (TPSA) is 105 Å². The molecule has 1 aliphatic heterocycles. The molecule has 3 rings (SSSR count). The van der Waals surface area contributed by atoms with Gasteiger partial charge >= 0.3 is 0 Å². The second kappa shape index (κ2) is 13.8. The number of piperidine rings is 1. The number of nitrogens with one attached hydrogen (secondary N) is 1. The number of likely N-dealkylation sites (tertiary alicyclic amines) is 1. The normalized spacial score (nSPS) is 16.1. The van der Waals surface area contributed by atoms with Crippen molar-refractivity contribution in [1.29, 1.82) is 0 Å². The lowest BCUT2D eigenvalue weighted by Gasteiger charge is -2.27. The van der Waals surface area contributed by atoms with E-state index in [1.807, 2.05) is 0 Å². The second-order valence-electron chi connectivity index (χ2n) is 9.77. The number of hydrogen-bond donors (Lipinski definition) is 2. The molecule has 0 bridgehead atoms. The molecule has 1 heterocycles. The summed E-state index contributed by atoms with van der Waals surface area (Å²) in [5, 5.41) is 9.37. The van der Waals surface area contributed by atoms with E-state index >= 15 is 0 Å². The Kier molecular flexibility index (Phi) is 10.8. The third-order valence-corrected chi connectivity index (χ3v) is 9.29. The molecule has 1 atom stereocenters. The Bertz CT molecular complexity index is 1080. The number of nitrogens with zero attached hydrogens (tertiary/aromatic N) is 1. The summed E-state index contributed by atoms with van der Waals surface area (Å²) in [5.74, 6) is 0.262. The van der Waals surface area contributed by atoms with Crippen LogP contribution in [0.25, 0.3) is 0 Å². The Morgan fingerprint density at radius 3 is 2.08 bits per heavy atom. The molecule has 0 aliphatic carbocycles. The lowest BCUT2D eigenvalue weighted by Crippen LogP contribution is -2.51. The smallest absolute Gasteiger partial charge is 0.265 e. The van der Waals surface area contributed by atoms with Crippen molar-refractivity contribution in [2.75, 3.05) is 32.8 Å². The van der Waals surface area contributed by atoms with Crippen LogP contribution in [0, 0.1) is 0 Å². The molecule has 8 nitrogen and oxygen atoms in total. The van der Waals surface area contributed by atoms with Crippen molar-refractivity contribution in [1.82, 2.24) is 10.4 Å². The minimum absolute atomic E-state index is 0.0184. The summed E-state index contributed by atoms with van der Waals surface area (Å²) in [7, 11) is -4.15. The van der Waals surface area contributed by atoms with Gasteiger partial charge in [-0.25, -0.2) is 13.9 Å². The van der Waals surface area contributed by atoms with Crippen molar-refractivity contribution in [2.24, 2.45) is 0 Å². The SMILES string of the molecule is CCCCOc1ccc(S(=O)(=O)C(C)(Cc2ccc(OCCCN3CCCCC3)cc2)C(=O)NO)cc1. The van der Waals surface area contributed by atoms with E-state index in [0.717, 1.165) is 38.9 Å². The van der Waals surface area contributed by atoms with Gasteiger partial charge in [-0.15, -0.1) is 0 Å². The van der Waals surface area contributed by atoms with Gasteiger partial charge in [-0.05, 0) is 87.7 Å². The molecule has 0 spiro atoms. The average Bonchev–Trinajstić information content (AvgIpc) is 2.92. The summed E-state index contributed by atoms with van der Waals surface area (Å²) in [6, 6.07) is 13.1. The lowest BCUT2D eigenvalue weighted by atomic mass is 9.99. The van der Waals surface area contributed by atoms with E-state index in [0.29, 0.717) is 30.3 Å². The van der Waals surface area contributed by atoms with Crippen LogP contribution in [0.2, 0.25) is 0 Å². The first-order chi connectivity index (χ1) is 17.8. The van der Waals surface area contributed by atoms with Gasteiger partial charge < -0.3 is 14.4 Å². The number of amides is 1. The quantitative estimate of drug-likeness (QED) is 0.211. The van der Waals surface area contributed by atoms with Crippen LogP contribution in [-0.2, 0) is 21.1 Å². The van der Waals surface area contributed by atoms with Crippen molar-refractivity contribution < 1.29 is 27.9 Å². The van der Waals surface area contributed by atoms with E-state index in [1.54, 1.807) is 41.9 Å². The Labute approximate surface area is 220 Å². The Morgan fingerprint density at radius 2 is 1.51 bits per heavy atom. The van der Waals surface area contributed by atoms with Crippen LogP contribution < -0.4 is 15.0 Å². The maximum absolute atomic E-state index is 13.6. The van der Waals surface area contributed by atoms with Gasteiger partial charge in [0.15, 0.2) is 14.6 Å². The first-order valence-electron chi connectivity index (χ1n) is 13.2. The number of unbranched alkanes of at least 4 members (excludes halogenated alkanes) is 1. The molecule has 0 radical (unpaired) electrons. The highest BCUT2D eigenvalue weighted by Crippen LogP contribution is 2.31. The van der Waals surface area contributed by atoms with Gasteiger partial charge in [-0.3, -0.25) is 10.0 Å². The molecule has 2 aromatic carbocycles. The highest BCUT2D eigenvalue weighted by Gasteiger charge is 2.47. The van der Waals surface area contributed by atoms with Crippen LogP contribution in [0.5, 0.6) is 11.5 Å². The number of sulfone groups is 1. The predicted octanol–water partition coefficient (Wildman–Crippen LogP) is 4.40. The van der Waals surface area contributed by atoms with Crippen molar-refractivity contribution in [3.05, 3.63) is 54.1 Å².